The summed E-state index contributed by atoms with van der Waals surface area (Å²) in [6, 6.07) is -1.54. The fraction of sp³-hybridized carbons (Fsp3) is 0.795. The molecule has 0 saturated carbocycles. The van der Waals surface area contributed by atoms with Crippen molar-refractivity contribution in [1.82, 2.24) is 0 Å². The number of hydrogen-bond donors (Lipinski definition) is 4. The van der Waals surface area contributed by atoms with Crippen molar-refractivity contribution < 1.29 is 52.6 Å². The molecular weight excluding hydrogens is 749 g/mol. The van der Waals surface area contributed by atoms with Gasteiger partial charge < -0.3 is 30.3 Å². The van der Waals surface area contributed by atoms with E-state index in [2.05, 4.69) is 18.4 Å². The summed E-state index contributed by atoms with van der Waals surface area (Å²) in [5.74, 6) is -2.49. The quantitative estimate of drug-likeness (QED) is 0.0150. The van der Waals surface area contributed by atoms with Crippen molar-refractivity contribution in [3.63, 3.8) is 0 Å². The lowest BCUT2D eigenvalue weighted by Gasteiger charge is -2.20. The lowest BCUT2D eigenvalue weighted by Crippen LogP contribution is -2.34. The van der Waals surface area contributed by atoms with Crippen molar-refractivity contribution in [1.29, 1.82) is 0 Å². The van der Waals surface area contributed by atoms with Gasteiger partial charge in [0.05, 0.1) is 19.3 Å². The molecule has 0 spiro atoms. The summed E-state index contributed by atoms with van der Waals surface area (Å²) in [7, 11) is -4.74. The highest BCUT2D eigenvalue weighted by Crippen LogP contribution is 2.43. The van der Waals surface area contributed by atoms with Crippen molar-refractivity contribution in [2.45, 2.75) is 205 Å². The Morgan fingerprint density at radius 1 is 0.632 bits per heavy atom. The van der Waals surface area contributed by atoms with Crippen LogP contribution in [0.25, 0.3) is 0 Å². The van der Waals surface area contributed by atoms with Crippen LogP contribution in [0.1, 0.15) is 187 Å². The van der Waals surface area contributed by atoms with Gasteiger partial charge in [-0.3, -0.25) is 23.4 Å². The first-order chi connectivity index (χ1) is 27.5. The summed E-state index contributed by atoms with van der Waals surface area (Å²) in [6.45, 7) is 2.67. The standard InChI is InChI=1S/C44H80NO11P/c1-3-5-7-9-11-12-13-14-15-16-17-18-22-26-30-34-42(47)53-36-40(37-54-57(51,52)55-38-41(45)44(49)50)56-43(48)35-31-27-23-20-19-21-25-29-33-39(46)32-28-24-10-8-6-4-2/h20-21,23,25,29,33,39-41,46H,3-19,22,24,26-28,30-32,34-38,45H2,1-2H3,(H,49,50)(H,51,52)/b23-20-,25-21-,33-29-. The van der Waals surface area contributed by atoms with Crippen LogP contribution in [-0.2, 0) is 37.5 Å². The van der Waals surface area contributed by atoms with Crippen LogP contribution in [0.15, 0.2) is 36.5 Å². The van der Waals surface area contributed by atoms with Crippen molar-refractivity contribution in [2.75, 3.05) is 19.8 Å². The number of rotatable bonds is 41. The Bertz CT molecular complexity index is 1130. The van der Waals surface area contributed by atoms with E-state index in [9.17, 15) is 28.9 Å². The van der Waals surface area contributed by atoms with E-state index in [1.165, 1.54) is 96.3 Å². The van der Waals surface area contributed by atoms with E-state index in [-0.39, 0.29) is 19.4 Å². The molecule has 0 amide bonds. The number of allylic oxidation sites excluding steroid dienone is 5. The highest BCUT2D eigenvalue weighted by molar-refractivity contribution is 7.47. The van der Waals surface area contributed by atoms with Crippen LogP contribution in [0.3, 0.4) is 0 Å². The summed E-state index contributed by atoms with van der Waals surface area (Å²) in [4.78, 5) is 45.9. The summed E-state index contributed by atoms with van der Waals surface area (Å²) in [6.07, 6.45) is 38.1. The molecule has 0 aliphatic rings. The first-order valence-corrected chi connectivity index (χ1v) is 23.6. The Balaban J connectivity index is 4.50. The van der Waals surface area contributed by atoms with Crippen molar-refractivity contribution in [2.24, 2.45) is 5.73 Å². The number of esters is 2. The molecule has 0 saturated heterocycles. The summed E-state index contributed by atoms with van der Waals surface area (Å²) in [5.41, 5.74) is 5.32. The zero-order valence-corrected chi connectivity index (χ0v) is 36.4. The molecule has 332 valence electrons. The average Bonchev–Trinajstić information content (AvgIpc) is 3.18. The van der Waals surface area contributed by atoms with Crippen molar-refractivity contribution in [3.8, 4) is 0 Å². The lowest BCUT2D eigenvalue weighted by atomic mass is 10.0. The van der Waals surface area contributed by atoms with E-state index in [0.717, 1.165) is 38.5 Å². The Morgan fingerprint density at radius 3 is 1.70 bits per heavy atom. The second-order valence-electron chi connectivity index (χ2n) is 15.0. The maximum atomic E-state index is 12.6. The average molecular weight is 830 g/mol. The van der Waals surface area contributed by atoms with Gasteiger partial charge >= 0.3 is 25.7 Å². The van der Waals surface area contributed by atoms with E-state index >= 15 is 0 Å². The van der Waals surface area contributed by atoms with E-state index in [4.69, 9.17) is 24.8 Å². The van der Waals surface area contributed by atoms with Gasteiger partial charge in [0.25, 0.3) is 0 Å². The van der Waals surface area contributed by atoms with Gasteiger partial charge in [-0.1, -0.05) is 179 Å². The molecule has 0 aromatic heterocycles. The van der Waals surface area contributed by atoms with Crippen molar-refractivity contribution >= 4 is 25.7 Å². The third-order valence-electron chi connectivity index (χ3n) is 9.50. The van der Waals surface area contributed by atoms with Crippen LogP contribution >= 0.6 is 7.82 Å². The normalized spacial score (nSPS) is 14.6. The third-order valence-corrected chi connectivity index (χ3v) is 10.4. The molecule has 0 fully saturated rings. The Morgan fingerprint density at radius 2 is 1.14 bits per heavy atom. The number of hydrogen-bond acceptors (Lipinski definition) is 10. The topological polar surface area (TPSA) is 192 Å². The largest absolute Gasteiger partial charge is 0.480 e. The molecular formula is C44H80NO11P. The van der Waals surface area contributed by atoms with Gasteiger partial charge in [-0.15, -0.1) is 0 Å². The highest BCUT2D eigenvalue weighted by atomic mass is 31.2. The molecule has 0 bridgehead atoms. The fourth-order valence-electron chi connectivity index (χ4n) is 5.96. The minimum atomic E-state index is -4.74. The summed E-state index contributed by atoms with van der Waals surface area (Å²) >= 11 is 0. The van der Waals surface area contributed by atoms with Gasteiger partial charge in [0.1, 0.15) is 12.6 Å². The monoisotopic (exact) mass is 830 g/mol. The number of carboxylic acids is 1. The molecule has 13 heteroatoms. The molecule has 0 aromatic carbocycles. The van der Waals surface area contributed by atoms with E-state index < -0.39 is 57.2 Å². The number of unbranched alkanes of at least 4 members (excludes halogenated alkanes) is 20. The van der Waals surface area contributed by atoms with Gasteiger partial charge in [-0.05, 0) is 32.1 Å². The van der Waals surface area contributed by atoms with E-state index in [0.29, 0.717) is 25.7 Å². The van der Waals surface area contributed by atoms with Gasteiger partial charge in [-0.2, -0.15) is 0 Å². The van der Waals surface area contributed by atoms with Crippen LogP contribution in [0, 0.1) is 0 Å². The van der Waals surface area contributed by atoms with Gasteiger partial charge in [0, 0.05) is 12.8 Å². The van der Waals surface area contributed by atoms with Gasteiger partial charge in [0.15, 0.2) is 6.10 Å². The molecule has 57 heavy (non-hydrogen) atoms. The number of phosphoric acid groups is 1. The lowest BCUT2D eigenvalue weighted by molar-refractivity contribution is -0.161. The van der Waals surface area contributed by atoms with E-state index in [1.807, 2.05) is 30.4 Å². The molecule has 12 nitrogen and oxygen atoms in total. The van der Waals surface area contributed by atoms with Crippen LogP contribution in [0.5, 0.6) is 0 Å². The number of nitrogens with two attached hydrogens (primary N) is 1. The Kier molecular flexibility index (Phi) is 37.5. The molecule has 0 radical (unpaired) electrons. The molecule has 0 aliphatic heterocycles. The summed E-state index contributed by atoms with van der Waals surface area (Å²) in [5, 5.41) is 19.0. The van der Waals surface area contributed by atoms with Crippen LogP contribution in [0.2, 0.25) is 0 Å². The molecule has 0 aliphatic carbocycles. The number of phosphoric ester groups is 1. The first-order valence-electron chi connectivity index (χ1n) is 22.1. The Hall–Kier alpha value is -2.34. The molecule has 0 heterocycles. The SMILES string of the molecule is CCCCCCCCCCCCCCCCCC(=O)OCC(COP(=O)(O)OCC(N)C(=O)O)OC(=O)CCC/C=C\C/C=C\C=C/C(O)CCCCCCCC. The molecule has 5 N–H and O–H groups in total. The predicted octanol–water partition coefficient (Wildman–Crippen LogP) is 10.6. The summed E-state index contributed by atoms with van der Waals surface area (Å²) < 4.78 is 32.6. The minimum Gasteiger partial charge on any atom is -0.480 e. The van der Waals surface area contributed by atoms with E-state index in [1.54, 1.807) is 6.08 Å². The second-order valence-corrected chi connectivity index (χ2v) is 16.5. The van der Waals surface area contributed by atoms with Crippen LogP contribution in [0.4, 0.5) is 0 Å². The second kappa shape index (κ2) is 39.1. The minimum absolute atomic E-state index is 0.0593. The number of aliphatic hydroxyl groups is 1. The highest BCUT2D eigenvalue weighted by Gasteiger charge is 2.28. The van der Waals surface area contributed by atoms with Gasteiger partial charge in [0.2, 0.25) is 0 Å². The number of aliphatic carboxylic acids is 1. The maximum Gasteiger partial charge on any atom is 0.472 e. The maximum absolute atomic E-state index is 12.6. The number of carboxylic acid groups (broad SMARTS) is 1. The van der Waals surface area contributed by atoms with Gasteiger partial charge in [-0.25, -0.2) is 4.57 Å². The van der Waals surface area contributed by atoms with Crippen molar-refractivity contribution in [3.05, 3.63) is 36.5 Å². The van der Waals surface area contributed by atoms with Crippen LogP contribution < -0.4 is 5.73 Å². The third kappa shape index (κ3) is 38.9. The number of carbonyl (C=O) groups excluding carboxylic acids is 2. The first kappa shape index (κ1) is 54.7. The number of carbonyl (C=O) groups is 3. The molecule has 4 atom stereocenters. The Labute approximate surface area is 345 Å². The molecule has 0 aromatic rings. The smallest absolute Gasteiger partial charge is 0.472 e. The zero-order chi connectivity index (χ0) is 42.2. The zero-order valence-electron chi connectivity index (χ0n) is 35.5. The number of ether oxygens (including phenoxy) is 2. The number of aliphatic hydroxyl groups excluding tert-OH is 1. The fourth-order valence-corrected chi connectivity index (χ4v) is 6.73. The van der Waals surface area contributed by atoms with Crippen LogP contribution in [-0.4, -0.2) is 71.1 Å². The predicted molar refractivity (Wildman–Crippen MR) is 228 cm³/mol. The molecule has 4 unspecified atom stereocenters. The molecule has 0 rings (SSSR count).